The summed E-state index contributed by atoms with van der Waals surface area (Å²) in [6.45, 7) is 7.70. The van der Waals surface area contributed by atoms with Crippen molar-refractivity contribution in [3.63, 3.8) is 0 Å². The van der Waals surface area contributed by atoms with Crippen LogP contribution in [0.5, 0.6) is 0 Å². The van der Waals surface area contributed by atoms with Crippen molar-refractivity contribution in [1.29, 1.82) is 0 Å². The number of carboxylic acid groups (broad SMARTS) is 2. The summed E-state index contributed by atoms with van der Waals surface area (Å²) in [5.74, 6) is -1.85. The van der Waals surface area contributed by atoms with Crippen LogP contribution in [0.25, 0.3) is 0 Å². The molecule has 0 unspecified atom stereocenters. The maximum atomic E-state index is 10.6. The summed E-state index contributed by atoms with van der Waals surface area (Å²) >= 11 is 0. The van der Waals surface area contributed by atoms with Crippen molar-refractivity contribution in [3.8, 4) is 0 Å². The van der Waals surface area contributed by atoms with Gasteiger partial charge in [-0.3, -0.25) is 0 Å². The molecule has 0 aliphatic heterocycles. The molecule has 6 nitrogen and oxygen atoms in total. The maximum absolute atomic E-state index is 10.6. The first-order chi connectivity index (χ1) is 9.65. The van der Waals surface area contributed by atoms with E-state index < -0.39 is 20.5 Å². The fourth-order valence-corrected chi connectivity index (χ4v) is 2.68. The fraction of sp³-hybridized carbons (Fsp3) is 0.571. The van der Waals surface area contributed by atoms with Crippen LogP contribution in [0.4, 0.5) is 0 Å². The number of carboxylic acids is 2. The summed E-state index contributed by atoms with van der Waals surface area (Å²) in [5.41, 5.74) is 0.599. The second kappa shape index (κ2) is 9.49. The minimum Gasteiger partial charge on any atom is -0.478 e. The van der Waals surface area contributed by atoms with E-state index in [1.165, 1.54) is 0 Å². The lowest BCUT2D eigenvalue weighted by atomic mass is 10.2. The maximum Gasteiger partial charge on any atom is 0.331 e. The summed E-state index contributed by atoms with van der Waals surface area (Å²) in [7, 11) is -2.26. The highest BCUT2D eigenvalue weighted by Gasteiger charge is 2.23. The predicted molar refractivity (Wildman–Crippen MR) is 81.4 cm³/mol. The van der Waals surface area contributed by atoms with Crippen LogP contribution in [0.3, 0.4) is 0 Å². The van der Waals surface area contributed by atoms with Gasteiger partial charge in [-0.05, 0) is 39.8 Å². The van der Waals surface area contributed by atoms with Crippen molar-refractivity contribution in [2.24, 2.45) is 0 Å². The SMILES string of the molecule is CC(=CCCO[Si](C)(C)OCCC=C(C)C(=O)O)C(=O)O. The molecule has 0 atom stereocenters. The van der Waals surface area contributed by atoms with Crippen LogP contribution in [0.1, 0.15) is 26.7 Å². The Bertz CT molecular complexity index is 387. The molecule has 7 heteroatoms. The third-order valence-electron chi connectivity index (χ3n) is 2.71. The van der Waals surface area contributed by atoms with E-state index >= 15 is 0 Å². The van der Waals surface area contributed by atoms with E-state index in [9.17, 15) is 9.59 Å². The average Bonchev–Trinajstić information content (AvgIpc) is 2.38. The van der Waals surface area contributed by atoms with Gasteiger partial charge in [0.1, 0.15) is 0 Å². The Morgan fingerprint density at radius 1 is 0.905 bits per heavy atom. The predicted octanol–water partition coefficient (Wildman–Crippen LogP) is 2.56. The molecule has 0 aliphatic rings. The van der Waals surface area contributed by atoms with Crippen LogP contribution in [-0.4, -0.2) is 43.9 Å². The summed E-state index contributed by atoms with van der Waals surface area (Å²) in [6.07, 6.45) is 4.28. The number of aliphatic carboxylic acids is 2. The van der Waals surface area contributed by atoms with E-state index in [0.29, 0.717) is 37.2 Å². The van der Waals surface area contributed by atoms with Crippen LogP contribution >= 0.6 is 0 Å². The van der Waals surface area contributed by atoms with E-state index in [2.05, 4.69) is 0 Å². The summed E-state index contributed by atoms with van der Waals surface area (Å²) in [6, 6.07) is 0. The van der Waals surface area contributed by atoms with Gasteiger partial charge in [0, 0.05) is 24.4 Å². The Labute approximate surface area is 126 Å². The number of hydrogen-bond acceptors (Lipinski definition) is 4. The van der Waals surface area contributed by atoms with E-state index in [-0.39, 0.29) is 0 Å². The molecule has 2 N–H and O–H groups in total. The highest BCUT2D eigenvalue weighted by Crippen LogP contribution is 2.09. The van der Waals surface area contributed by atoms with Gasteiger partial charge in [0.05, 0.1) is 0 Å². The first-order valence-corrected chi connectivity index (χ1v) is 9.55. The Morgan fingerprint density at radius 2 is 1.24 bits per heavy atom. The lowest BCUT2D eigenvalue weighted by molar-refractivity contribution is -0.133. The van der Waals surface area contributed by atoms with Crippen molar-refractivity contribution in [2.45, 2.75) is 39.8 Å². The molecule has 0 saturated heterocycles. The van der Waals surface area contributed by atoms with Gasteiger partial charge >= 0.3 is 20.5 Å². The first-order valence-electron chi connectivity index (χ1n) is 6.73. The second-order valence-electron chi connectivity index (χ2n) is 5.06. The monoisotopic (exact) mass is 316 g/mol. The minimum absolute atomic E-state index is 0.299. The third-order valence-corrected chi connectivity index (χ3v) is 4.51. The van der Waals surface area contributed by atoms with E-state index in [0.717, 1.165) is 0 Å². The number of carbonyl (C=O) groups is 2. The molecule has 0 heterocycles. The van der Waals surface area contributed by atoms with Gasteiger partial charge in [0.2, 0.25) is 0 Å². The Morgan fingerprint density at radius 3 is 1.52 bits per heavy atom. The lowest BCUT2D eigenvalue weighted by Crippen LogP contribution is -2.35. The molecule has 0 aliphatic carbocycles. The van der Waals surface area contributed by atoms with Gasteiger partial charge in [-0.15, -0.1) is 0 Å². The Kier molecular flexibility index (Phi) is 8.83. The topological polar surface area (TPSA) is 93.1 Å². The molecule has 0 radical (unpaired) electrons. The molecule has 21 heavy (non-hydrogen) atoms. The average molecular weight is 316 g/mol. The van der Waals surface area contributed by atoms with Crippen LogP contribution in [0.15, 0.2) is 23.3 Å². The van der Waals surface area contributed by atoms with Gasteiger partial charge in [-0.2, -0.15) is 0 Å². The van der Waals surface area contributed by atoms with Crippen molar-refractivity contribution in [2.75, 3.05) is 13.2 Å². The molecule has 0 amide bonds. The van der Waals surface area contributed by atoms with Crippen LogP contribution < -0.4 is 0 Å². The second-order valence-corrected chi connectivity index (χ2v) is 8.44. The molecule has 0 fully saturated rings. The van der Waals surface area contributed by atoms with E-state index in [1.54, 1.807) is 26.0 Å². The standard InChI is InChI=1S/C14H24O6Si/c1-11(13(15)16)7-5-9-19-21(3,4)20-10-6-8-12(2)14(17)18/h7-8H,5-6,9-10H2,1-4H3,(H,15,16)(H,17,18). The smallest absolute Gasteiger partial charge is 0.331 e. The molecule has 0 bridgehead atoms. The molecule has 0 aromatic rings. The van der Waals surface area contributed by atoms with E-state index in [4.69, 9.17) is 19.1 Å². The number of rotatable bonds is 10. The van der Waals surface area contributed by atoms with Gasteiger partial charge < -0.3 is 19.1 Å². The highest BCUT2D eigenvalue weighted by atomic mass is 28.4. The molecule has 0 saturated carbocycles. The highest BCUT2D eigenvalue weighted by molar-refractivity contribution is 6.64. The lowest BCUT2D eigenvalue weighted by Gasteiger charge is -2.22. The molecular weight excluding hydrogens is 292 g/mol. The third kappa shape index (κ3) is 10.00. The van der Waals surface area contributed by atoms with Crippen molar-refractivity contribution < 1.29 is 28.7 Å². The van der Waals surface area contributed by atoms with E-state index in [1.807, 2.05) is 13.1 Å². The molecular formula is C14H24O6Si. The largest absolute Gasteiger partial charge is 0.478 e. The normalized spacial score (nSPS) is 13.3. The Balaban J connectivity index is 3.99. The van der Waals surface area contributed by atoms with Gasteiger partial charge in [0.15, 0.2) is 0 Å². The molecule has 0 aromatic carbocycles. The van der Waals surface area contributed by atoms with Crippen molar-refractivity contribution in [3.05, 3.63) is 23.3 Å². The van der Waals surface area contributed by atoms with Crippen molar-refractivity contribution in [1.82, 2.24) is 0 Å². The van der Waals surface area contributed by atoms with Gasteiger partial charge in [-0.25, -0.2) is 9.59 Å². The summed E-state index contributed by atoms with van der Waals surface area (Å²) in [4.78, 5) is 21.2. The van der Waals surface area contributed by atoms with Crippen molar-refractivity contribution >= 4 is 20.5 Å². The first kappa shape index (κ1) is 19.6. The van der Waals surface area contributed by atoms with Gasteiger partial charge in [0.25, 0.3) is 0 Å². The Hall–Kier alpha value is -1.44. The molecule has 0 aromatic heterocycles. The zero-order valence-corrected chi connectivity index (χ0v) is 14.0. The molecule has 0 spiro atoms. The zero-order chi connectivity index (χ0) is 16.5. The minimum atomic E-state index is -2.26. The van der Waals surface area contributed by atoms with Gasteiger partial charge in [-0.1, -0.05) is 12.2 Å². The summed E-state index contributed by atoms with van der Waals surface area (Å²) < 4.78 is 11.3. The van der Waals surface area contributed by atoms with Crippen LogP contribution in [0, 0.1) is 0 Å². The fourth-order valence-electron chi connectivity index (χ4n) is 1.38. The summed E-state index contributed by atoms with van der Waals surface area (Å²) in [5, 5.41) is 17.4. The molecule has 120 valence electrons. The van der Waals surface area contributed by atoms with Crippen LogP contribution in [0.2, 0.25) is 13.1 Å². The molecule has 0 rings (SSSR count). The zero-order valence-electron chi connectivity index (χ0n) is 13.0. The quantitative estimate of drug-likeness (QED) is 0.365. The van der Waals surface area contributed by atoms with Crippen LogP contribution in [-0.2, 0) is 18.4 Å². The number of hydrogen-bond donors (Lipinski definition) is 2.